The quantitative estimate of drug-likeness (QED) is 0.427. The molecule has 0 saturated heterocycles. The summed E-state index contributed by atoms with van der Waals surface area (Å²) in [7, 11) is 0. The van der Waals surface area contributed by atoms with Gasteiger partial charge in [-0.3, -0.25) is 4.98 Å². The fourth-order valence-corrected chi connectivity index (χ4v) is 5.45. The molecule has 0 N–H and O–H groups in total. The Morgan fingerprint density at radius 2 is 1.96 bits per heavy atom. The number of nitrogens with zero attached hydrogens (tertiary/aromatic N) is 2. The van der Waals surface area contributed by atoms with E-state index < -0.39 is 0 Å². The molecule has 3 heteroatoms. The molecule has 0 amide bonds. The molecule has 134 valence electrons. The van der Waals surface area contributed by atoms with E-state index in [0.717, 1.165) is 45.1 Å². The molecule has 0 aliphatic heterocycles. The minimum absolute atomic E-state index is 0.710. The topological polar surface area (TPSA) is 38.9 Å². The van der Waals surface area contributed by atoms with E-state index in [9.17, 15) is 0 Å². The summed E-state index contributed by atoms with van der Waals surface area (Å²) >= 11 is 0. The molecule has 3 atom stereocenters. The Balaban J connectivity index is 1.50. The van der Waals surface area contributed by atoms with E-state index in [2.05, 4.69) is 41.4 Å². The SMILES string of the molecule is Cc1ccc2c(n1)oc1c(-c3cc(C4CC5CCC4C5)ccn3)cccc12. The van der Waals surface area contributed by atoms with Gasteiger partial charge in [0.05, 0.1) is 5.69 Å². The van der Waals surface area contributed by atoms with Crippen molar-refractivity contribution in [3.8, 4) is 11.3 Å². The van der Waals surface area contributed by atoms with Gasteiger partial charge < -0.3 is 4.42 Å². The van der Waals surface area contributed by atoms with Crippen LogP contribution >= 0.6 is 0 Å². The van der Waals surface area contributed by atoms with Gasteiger partial charge in [-0.1, -0.05) is 18.6 Å². The predicted molar refractivity (Wildman–Crippen MR) is 108 cm³/mol. The van der Waals surface area contributed by atoms with Crippen LogP contribution in [0.3, 0.4) is 0 Å². The van der Waals surface area contributed by atoms with E-state index in [1.54, 1.807) is 0 Å². The lowest BCUT2D eigenvalue weighted by Crippen LogP contribution is -2.08. The third-order valence-electron chi connectivity index (χ3n) is 6.73. The third-order valence-corrected chi connectivity index (χ3v) is 6.73. The number of benzene rings is 1. The lowest BCUT2D eigenvalue weighted by molar-refractivity contribution is 0.420. The molecule has 3 nitrogen and oxygen atoms in total. The number of aromatic nitrogens is 2. The maximum absolute atomic E-state index is 6.18. The van der Waals surface area contributed by atoms with Gasteiger partial charge >= 0.3 is 0 Å². The van der Waals surface area contributed by atoms with E-state index in [1.165, 1.54) is 31.2 Å². The number of para-hydroxylation sites is 1. The Morgan fingerprint density at radius 1 is 1.00 bits per heavy atom. The van der Waals surface area contributed by atoms with Crippen molar-refractivity contribution in [3.05, 3.63) is 59.9 Å². The zero-order valence-corrected chi connectivity index (χ0v) is 15.5. The zero-order valence-electron chi connectivity index (χ0n) is 15.5. The smallest absolute Gasteiger partial charge is 0.227 e. The molecule has 2 saturated carbocycles. The first-order chi connectivity index (χ1) is 13.3. The van der Waals surface area contributed by atoms with Crippen molar-refractivity contribution in [1.29, 1.82) is 0 Å². The summed E-state index contributed by atoms with van der Waals surface area (Å²) in [6.07, 6.45) is 7.58. The van der Waals surface area contributed by atoms with Gasteiger partial charge in [0.2, 0.25) is 5.71 Å². The first kappa shape index (κ1) is 15.4. The fraction of sp³-hybridized carbons (Fsp3) is 0.333. The lowest BCUT2D eigenvalue weighted by atomic mass is 9.83. The predicted octanol–water partition coefficient (Wildman–Crippen LogP) is 6.26. The van der Waals surface area contributed by atoms with Gasteiger partial charge in [0.15, 0.2) is 0 Å². The largest absolute Gasteiger partial charge is 0.437 e. The summed E-state index contributed by atoms with van der Waals surface area (Å²) in [4.78, 5) is 9.27. The number of fused-ring (bicyclic) bond motifs is 5. The molecule has 3 unspecified atom stereocenters. The second kappa shape index (κ2) is 5.66. The molecule has 4 aromatic rings. The minimum atomic E-state index is 0.710. The zero-order chi connectivity index (χ0) is 18.0. The van der Waals surface area contributed by atoms with E-state index in [4.69, 9.17) is 9.40 Å². The summed E-state index contributed by atoms with van der Waals surface area (Å²) in [5, 5.41) is 2.18. The van der Waals surface area contributed by atoms with Crippen LogP contribution in [0, 0.1) is 18.8 Å². The van der Waals surface area contributed by atoms with Crippen LogP contribution in [0.25, 0.3) is 33.3 Å². The lowest BCUT2D eigenvalue weighted by Gasteiger charge is -2.22. The third kappa shape index (κ3) is 2.34. The summed E-state index contributed by atoms with van der Waals surface area (Å²) in [5.74, 6) is 2.54. The van der Waals surface area contributed by atoms with Gasteiger partial charge in [0.25, 0.3) is 0 Å². The van der Waals surface area contributed by atoms with Crippen molar-refractivity contribution in [2.24, 2.45) is 11.8 Å². The van der Waals surface area contributed by atoms with Crippen LogP contribution in [-0.4, -0.2) is 9.97 Å². The van der Waals surface area contributed by atoms with Gasteiger partial charge in [-0.25, -0.2) is 4.98 Å². The maximum Gasteiger partial charge on any atom is 0.227 e. The number of hydrogen-bond donors (Lipinski definition) is 0. The first-order valence-electron chi connectivity index (χ1n) is 10.0. The van der Waals surface area contributed by atoms with Crippen molar-refractivity contribution in [2.45, 2.75) is 38.5 Å². The number of aryl methyl sites for hydroxylation is 1. The summed E-state index contributed by atoms with van der Waals surface area (Å²) in [6.45, 7) is 1.99. The Kier molecular flexibility index (Phi) is 3.22. The van der Waals surface area contributed by atoms with Crippen LogP contribution in [0.1, 0.15) is 42.9 Å². The maximum atomic E-state index is 6.18. The Labute approximate surface area is 158 Å². The average Bonchev–Trinajstić information content (AvgIpc) is 3.41. The standard InChI is InChI=1S/C24H22N2O/c1-14-5-8-19-18-3-2-4-20(23(18)27-24(19)26-14)22-13-17(9-10-25-22)21-12-15-6-7-16(21)11-15/h2-5,8-10,13,15-16,21H,6-7,11-12H2,1H3. The number of hydrogen-bond acceptors (Lipinski definition) is 3. The summed E-state index contributed by atoms with van der Waals surface area (Å²) in [6, 6.07) is 15.0. The first-order valence-corrected chi connectivity index (χ1v) is 10.0. The number of pyridine rings is 2. The molecule has 3 aromatic heterocycles. The van der Waals surface area contributed by atoms with Crippen LogP contribution in [0.2, 0.25) is 0 Å². The van der Waals surface area contributed by atoms with E-state index in [0.29, 0.717) is 11.6 Å². The van der Waals surface area contributed by atoms with E-state index >= 15 is 0 Å². The van der Waals surface area contributed by atoms with E-state index in [1.807, 2.05) is 19.2 Å². The molecule has 2 aliphatic rings. The van der Waals surface area contributed by atoms with Crippen LogP contribution in [0.5, 0.6) is 0 Å². The summed E-state index contributed by atoms with van der Waals surface area (Å²) in [5.41, 5.74) is 6.10. The highest BCUT2D eigenvalue weighted by Crippen LogP contribution is 2.53. The van der Waals surface area contributed by atoms with Crippen molar-refractivity contribution >= 4 is 22.1 Å². The van der Waals surface area contributed by atoms with Crippen molar-refractivity contribution in [2.75, 3.05) is 0 Å². The monoisotopic (exact) mass is 354 g/mol. The molecule has 0 radical (unpaired) electrons. The van der Waals surface area contributed by atoms with Crippen LogP contribution in [0.4, 0.5) is 0 Å². The highest BCUT2D eigenvalue weighted by atomic mass is 16.3. The van der Waals surface area contributed by atoms with Crippen molar-refractivity contribution in [3.63, 3.8) is 0 Å². The van der Waals surface area contributed by atoms with Crippen LogP contribution in [-0.2, 0) is 0 Å². The second-order valence-corrected chi connectivity index (χ2v) is 8.35. The normalized spacial score (nSPS) is 24.3. The second-order valence-electron chi connectivity index (χ2n) is 8.35. The Morgan fingerprint density at radius 3 is 2.81 bits per heavy atom. The average molecular weight is 354 g/mol. The molecule has 2 bridgehead atoms. The van der Waals surface area contributed by atoms with Gasteiger partial charge in [-0.05, 0) is 79.8 Å². The van der Waals surface area contributed by atoms with Gasteiger partial charge in [0, 0.05) is 28.2 Å². The molecule has 2 fully saturated rings. The van der Waals surface area contributed by atoms with Crippen molar-refractivity contribution in [1.82, 2.24) is 9.97 Å². The molecular weight excluding hydrogens is 332 g/mol. The highest BCUT2D eigenvalue weighted by Gasteiger charge is 2.40. The summed E-state index contributed by atoms with van der Waals surface area (Å²) < 4.78 is 6.18. The fourth-order valence-electron chi connectivity index (χ4n) is 5.45. The van der Waals surface area contributed by atoms with Crippen LogP contribution < -0.4 is 0 Å². The minimum Gasteiger partial charge on any atom is -0.437 e. The molecule has 0 spiro atoms. The molecule has 2 aliphatic carbocycles. The number of rotatable bonds is 2. The number of furan rings is 1. The molecule has 27 heavy (non-hydrogen) atoms. The Bertz CT molecular complexity index is 1180. The molecule has 3 heterocycles. The van der Waals surface area contributed by atoms with E-state index in [-0.39, 0.29) is 0 Å². The van der Waals surface area contributed by atoms with Gasteiger partial charge in [0.1, 0.15) is 5.58 Å². The van der Waals surface area contributed by atoms with Crippen LogP contribution in [0.15, 0.2) is 53.1 Å². The van der Waals surface area contributed by atoms with Gasteiger partial charge in [-0.15, -0.1) is 0 Å². The molecule has 6 rings (SSSR count). The Hall–Kier alpha value is -2.68. The van der Waals surface area contributed by atoms with Gasteiger partial charge in [-0.2, -0.15) is 0 Å². The highest BCUT2D eigenvalue weighted by molar-refractivity contribution is 6.08. The molecular formula is C24H22N2O. The molecule has 1 aromatic carbocycles. The van der Waals surface area contributed by atoms with Crippen molar-refractivity contribution < 1.29 is 4.42 Å².